The van der Waals surface area contributed by atoms with Crippen LogP contribution in [0.2, 0.25) is 0 Å². The van der Waals surface area contributed by atoms with Crippen molar-refractivity contribution in [3.8, 4) is 5.75 Å². The third kappa shape index (κ3) is 5.67. The molecule has 0 spiro atoms. The largest absolute Gasteiger partial charge is 0.484 e. The maximum absolute atomic E-state index is 11.8. The Kier molecular flexibility index (Phi) is 5.52. The summed E-state index contributed by atoms with van der Waals surface area (Å²) in [7, 11) is 0. The van der Waals surface area contributed by atoms with E-state index in [-0.39, 0.29) is 12.5 Å². The Labute approximate surface area is 134 Å². The topological polar surface area (TPSA) is 81.4 Å². The van der Waals surface area contributed by atoms with E-state index in [2.05, 4.69) is 5.32 Å². The molecule has 0 radical (unpaired) electrons. The van der Waals surface area contributed by atoms with Crippen LogP contribution in [0.4, 0.5) is 5.69 Å². The molecule has 23 heavy (non-hydrogen) atoms. The van der Waals surface area contributed by atoms with Crippen LogP contribution < -0.4 is 15.8 Å². The van der Waals surface area contributed by atoms with Gasteiger partial charge in [0.2, 0.25) is 5.91 Å². The lowest BCUT2D eigenvalue weighted by Gasteiger charge is -2.04. The van der Waals surface area contributed by atoms with Gasteiger partial charge in [0.25, 0.3) is 5.91 Å². The smallest absolute Gasteiger partial charge is 0.255 e. The van der Waals surface area contributed by atoms with Gasteiger partial charge >= 0.3 is 0 Å². The van der Waals surface area contributed by atoms with Gasteiger partial charge in [-0.25, -0.2) is 0 Å². The molecule has 0 aromatic heterocycles. The first-order valence-electron chi connectivity index (χ1n) is 7.10. The quantitative estimate of drug-likeness (QED) is 0.804. The van der Waals surface area contributed by atoms with E-state index in [0.29, 0.717) is 5.75 Å². The summed E-state index contributed by atoms with van der Waals surface area (Å²) in [4.78, 5) is 22.5. The second kappa shape index (κ2) is 7.79. The molecule has 2 aromatic carbocycles. The number of carbonyl (C=O) groups excluding carboxylic acids is 2. The fourth-order valence-electron chi connectivity index (χ4n) is 1.82. The zero-order valence-corrected chi connectivity index (χ0v) is 12.8. The molecule has 0 unspecified atom stereocenters. The number of nitrogens with two attached hydrogens (primary N) is 1. The average molecular weight is 310 g/mol. The first-order valence-corrected chi connectivity index (χ1v) is 7.10. The average Bonchev–Trinajstić information content (AvgIpc) is 2.54. The van der Waals surface area contributed by atoms with Crippen LogP contribution in [0.3, 0.4) is 0 Å². The molecule has 0 heterocycles. The van der Waals surface area contributed by atoms with Gasteiger partial charge in [0, 0.05) is 11.8 Å². The van der Waals surface area contributed by atoms with Crippen molar-refractivity contribution in [1.82, 2.24) is 0 Å². The highest BCUT2D eigenvalue weighted by Crippen LogP contribution is 2.13. The van der Waals surface area contributed by atoms with Crippen LogP contribution in [0.25, 0.3) is 6.08 Å². The van der Waals surface area contributed by atoms with Crippen LogP contribution in [0.1, 0.15) is 11.1 Å². The van der Waals surface area contributed by atoms with Crippen LogP contribution >= 0.6 is 0 Å². The van der Waals surface area contributed by atoms with E-state index in [9.17, 15) is 9.59 Å². The van der Waals surface area contributed by atoms with Gasteiger partial charge in [-0.1, -0.05) is 29.8 Å². The van der Waals surface area contributed by atoms with E-state index in [4.69, 9.17) is 10.5 Å². The Morgan fingerprint density at radius 1 is 1.09 bits per heavy atom. The molecule has 0 saturated heterocycles. The van der Waals surface area contributed by atoms with Crippen molar-refractivity contribution in [2.45, 2.75) is 6.92 Å². The van der Waals surface area contributed by atoms with Crippen molar-refractivity contribution < 1.29 is 14.3 Å². The Morgan fingerprint density at radius 2 is 1.74 bits per heavy atom. The maximum Gasteiger partial charge on any atom is 0.255 e. The predicted molar refractivity (Wildman–Crippen MR) is 90.0 cm³/mol. The van der Waals surface area contributed by atoms with Crippen LogP contribution in [-0.4, -0.2) is 18.4 Å². The van der Waals surface area contributed by atoms with Crippen molar-refractivity contribution >= 4 is 23.6 Å². The van der Waals surface area contributed by atoms with Gasteiger partial charge in [0.15, 0.2) is 6.61 Å². The lowest BCUT2D eigenvalue weighted by Crippen LogP contribution is -2.19. The molecule has 0 aliphatic heterocycles. The van der Waals surface area contributed by atoms with Crippen molar-refractivity contribution in [1.29, 1.82) is 0 Å². The van der Waals surface area contributed by atoms with Gasteiger partial charge < -0.3 is 15.8 Å². The zero-order chi connectivity index (χ0) is 16.7. The summed E-state index contributed by atoms with van der Waals surface area (Å²) >= 11 is 0. The van der Waals surface area contributed by atoms with Gasteiger partial charge in [-0.2, -0.15) is 0 Å². The highest BCUT2D eigenvalue weighted by Gasteiger charge is 1.99. The third-order valence-corrected chi connectivity index (χ3v) is 3.01. The number of anilines is 1. The third-order valence-electron chi connectivity index (χ3n) is 3.01. The van der Waals surface area contributed by atoms with Gasteiger partial charge in [-0.05, 0) is 42.8 Å². The van der Waals surface area contributed by atoms with Crippen molar-refractivity contribution in [3.05, 3.63) is 65.7 Å². The summed E-state index contributed by atoms with van der Waals surface area (Å²) in [6.07, 6.45) is 3.15. The Balaban J connectivity index is 1.90. The number of nitrogens with one attached hydrogen (secondary N) is 1. The Morgan fingerprint density at radius 3 is 2.35 bits per heavy atom. The molecule has 0 bridgehead atoms. The number of carbonyl (C=O) groups is 2. The molecule has 2 rings (SSSR count). The summed E-state index contributed by atoms with van der Waals surface area (Å²) in [6, 6.07) is 14.6. The first-order chi connectivity index (χ1) is 11.0. The lowest BCUT2D eigenvalue weighted by atomic mass is 10.2. The highest BCUT2D eigenvalue weighted by molar-refractivity contribution is 6.01. The molecule has 5 heteroatoms. The summed E-state index contributed by atoms with van der Waals surface area (Å²) in [5.41, 5.74) is 7.73. The molecular formula is C18H18N2O3. The molecule has 0 aliphatic rings. The molecule has 0 atom stereocenters. The zero-order valence-electron chi connectivity index (χ0n) is 12.8. The number of aryl methyl sites for hydroxylation is 1. The molecule has 2 amide bonds. The van der Waals surface area contributed by atoms with Gasteiger partial charge in [0.1, 0.15) is 5.75 Å². The summed E-state index contributed by atoms with van der Waals surface area (Å²) < 4.78 is 5.16. The minimum absolute atomic E-state index is 0.159. The molecule has 118 valence electrons. The van der Waals surface area contributed by atoms with Crippen molar-refractivity contribution in [2.75, 3.05) is 11.9 Å². The Bertz CT molecular complexity index is 704. The number of ether oxygens (including phenoxy) is 1. The first kappa shape index (κ1) is 16.3. The van der Waals surface area contributed by atoms with Crippen LogP contribution in [0, 0.1) is 6.92 Å². The fraction of sp³-hybridized carbons (Fsp3) is 0.111. The van der Waals surface area contributed by atoms with E-state index in [1.54, 1.807) is 30.3 Å². The molecule has 0 fully saturated rings. The van der Waals surface area contributed by atoms with Crippen LogP contribution in [-0.2, 0) is 9.59 Å². The fourth-order valence-corrected chi connectivity index (χ4v) is 1.82. The molecule has 3 N–H and O–H groups in total. The van der Waals surface area contributed by atoms with Gasteiger partial charge in [-0.3, -0.25) is 9.59 Å². The number of amides is 2. The Hall–Kier alpha value is -3.08. The molecule has 2 aromatic rings. The number of benzene rings is 2. The second-order valence-corrected chi connectivity index (χ2v) is 5.01. The van der Waals surface area contributed by atoms with Crippen LogP contribution in [0.15, 0.2) is 54.6 Å². The van der Waals surface area contributed by atoms with E-state index in [1.165, 1.54) is 6.08 Å². The number of hydrogen-bond acceptors (Lipinski definition) is 3. The monoisotopic (exact) mass is 310 g/mol. The highest BCUT2D eigenvalue weighted by atomic mass is 16.5. The number of rotatable bonds is 6. The minimum Gasteiger partial charge on any atom is -0.484 e. The predicted octanol–water partition coefficient (Wildman–Crippen LogP) is 2.51. The van der Waals surface area contributed by atoms with E-state index < -0.39 is 5.91 Å². The van der Waals surface area contributed by atoms with E-state index in [1.807, 2.05) is 31.2 Å². The van der Waals surface area contributed by atoms with Gasteiger partial charge in [-0.15, -0.1) is 0 Å². The standard InChI is InChI=1S/C18H18N2O3/c1-13-2-7-15(8-3-13)20-18(22)11-6-14-4-9-16(10-5-14)23-12-17(19)21/h2-11H,12H2,1H3,(H2,19,21)(H,20,22)/b11-6+. The maximum atomic E-state index is 11.8. The SMILES string of the molecule is Cc1ccc(NC(=O)/C=C/c2ccc(OCC(N)=O)cc2)cc1. The summed E-state index contributed by atoms with van der Waals surface area (Å²) in [5.74, 6) is -0.185. The van der Waals surface area contributed by atoms with E-state index in [0.717, 1.165) is 16.8 Å². The molecule has 5 nitrogen and oxygen atoms in total. The summed E-state index contributed by atoms with van der Waals surface area (Å²) in [6.45, 7) is 1.83. The van der Waals surface area contributed by atoms with Crippen molar-refractivity contribution in [3.63, 3.8) is 0 Å². The summed E-state index contributed by atoms with van der Waals surface area (Å²) in [5, 5.41) is 2.78. The molecule has 0 saturated carbocycles. The molecular weight excluding hydrogens is 292 g/mol. The lowest BCUT2D eigenvalue weighted by molar-refractivity contribution is -0.120. The minimum atomic E-state index is -0.526. The normalized spacial score (nSPS) is 10.5. The van der Waals surface area contributed by atoms with Crippen molar-refractivity contribution in [2.24, 2.45) is 5.73 Å². The number of primary amides is 1. The molecule has 0 aliphatic carbocycles. The van der Waals surface area contributed by atoms with Gasteiger partial charge in [0.05, 0.1) is 0 Å². The van der Waals surface area contributed by atoms with E-state index >= 15 is 0 Å². The second-order valence-electron chi connectivity index (χ2n) is 5.01. The number of hydrogen-bond donors (Lipinski definition) is 2. The van der Waals surface area contributed by atoms with Crippen LogP contribution in [0.5, 0.6) is 5.75 Å².